The van der Waals surface area contributed by atoms with E-state index in [1.165, 1.54) is 6.08 Å². The number of amides is 1. The predicted molar refractivity (Wildman–Crippen MR) is 103 cm³/mol. The highest BCUT2D eigenvalue weighted by atomic mass is 35.5. The number of aryl methyl sites for hydroxylation is 2. The van der Waals surface area contributed by atoms with E-state index >= 15 is 0 Å². The summed E-state index contributed by atoms with van der Waals surface area (Å²) in [5.41, 5.74) is 3.18. The third-order valence-electron chi connectivity index (χ3n) is 3.57. The molecule has 26 heavy (non-hydrogen) atoms. The normalized spacial score (nSPS) is 10.6. The van der Waals surface area contributed by atoms with Gasteiger partial charge in [0.2, 0.25) is 0 Å². The van der Waals surface area contributed by atoms with Gasteiger partial charge in [-0.2, -0.15) is 0 Å². The Balaban J connectivity index is 1.86. The lowest BCUT2D eigenvalue weighted by Gasteiger charge is -2.11. The first-order valence-electron chi connectivity index (χ1n) is 7.94. The second-order valence-corrected chi connectivity index (χ2v) is 6.11. The third kappa shape index (κ3) is 5.63. The van der Waals surface area contributed by atoms with Crippen LogP contribution in [0.2, 0.25) is 5.02 Å². The average Bonchev–Trinajstić information content (AvgIpc) is 2.61. The number of halogens is 1. The summed E-state index contributed by atoms with van der Waals surface area (Å²) in [5.74, 6) is -0.334. The van der Waals surface area contributed by atoms with Gasteiger partial charge in [-0.25, -0.2) is 4.79 Å². The Morgan fingerprint density at radius 3 is 2.46 bits per heavy atom. The van der Waals surface area contributed by atoms with Gasteiger partial charge < -0.3 is 14.8 Å². The Hall–Kier alpha value is -2.79. The summed E-state index contributed by atoms with van der Waals surface area (Å²) < 4.78 is 10.0. The van der Waals surface area contributed by atoms with Crippen molar-refractivity contribution >= 4 is 35.2 Å². The molecule has 0 spiro atoms. The number of nitrogens with one attached hydrogen (secondary N) is 1. The van der Waals surface area contributed by atoms with Gasteiger partial charge in [-0.05, 0) is 54.8 Å². The molecule has 0 fully saturated rings. The number of benzene rings is 2. The van der Waals surface area contributed by atoms with Gasteiger partial charge in [-0.15, -0.1) is 0 Å². The average molecular weight is 374 g/mol. The Morgan fingerprint density at radius 2 is 1.85 bits per heavy atom. The van der Waals surface area contributed by atoms with Crippen molar-refractivity contribution in [3.63, 3.8) is 0 Å². The third-order valence-corrected chi connectivity index (χ3v) is 3.87. The molecular formula is C20H20ClNO4. The number of carbonyl (C=O) groups excluding carboxylic acids is 2. The number of methoxy groups -OCH3 is 1. The van der Waals surface area contributed by atoms with Crippen LogP contribution < -0.4 is 10.1 Å². The van der Waals surface area contributed by atoms with Crippen LogP contribution in [-0.2, 0) is 14.3 Å². The first-order chi connectivity index (χ1) is 12.4. The van der Waals surface area contributed by atoms with Gasteiger partial charge in [-0.1, -0.05) is 29.8 Å². The highest BCUT2D eigenvalue weighted by molar-refractivity contribution is 6.34. The highest BCUT2D eigenvalue weighted by Crippen LogP contribution is 2.27. The lowest BCUT2D eigenvalue weighted by atomic mass is 10.1. The first-order valence-corrected chi connectivity index (χ1v) is 8.32. The second-order valence-electron chi connectivity index (χ2n) is 5.70. The molecular weight excluding hydrogens is 354 g/mol. The van der Waals surface area contributed by atoms with Crippen LogP contribution >= 0.6 is 11.6 Å². The van der Waals surface area contributed by atoms with Gasteiger partial charge in [0.1, 0.15) is 5.75 Å². The summed E-state index contributed by atoms with van der Waals surface area (Å²) in [7, 11) is 1.58. The molecule has 0 saturated carbocycles. The molecule has 0 aromatic heterocycles. The fourth-order valence-electron chi connectivity index (χ4n) is 2.31. The van der Waals surface area contributed by atoms with Crippen LogP contribution in [0, 0.1) is 13.8 Å². The van der Waals surface area contributed by atoms with Crippen LogP contribution in [0.3, 0.4) is 0 Å². The van der Waals surface area contributed by atoms with Crippen molar-refractivity contribution in [3.05, 3.63) is 64.2 Å². The van der Waals surface area contributed by atoms with E-state index in [4.69, 9.17) is 21.1 Å². The van der Waals surface area contributed by atoms with Crippen molar-refractivity contribution in [3.8, 4) is 5.75 Å². The number of ether oxygens (including phenoxy) is 2. The minimum Gasteiger partial charge on any atom is -0.497 e. The van der Waals surface area contributed by atoms with E-state index in [1.54, 1.807) is 43.5 Å². The molecule has 6 heteroatoms. The summed E-state index contributed by atoms with van der Waals surface area (Å²) in [5, 5.41) is 3.11. The standard InChI is InChI=1S/C20H20ClNO4/c1-13-10-14(2)20(17(21)11-13)22-18(23)12-26-19(24)9-6-15-4-7-16(25-3)8-5-15/h4-11H,12H2,1-3H3,(H,22,23)/b9-6+. The Bertz CT molecular complexity index is 805. The maximum atomic E-state index is 12.0. The number of anilines is 1. The van der Waals surface area contributed by atoms with E-state index < -0.39 is 18.5 Å². The van der Waals surface area contributed by atoms with Gasteiger partial charge in [0, 0.05) is 6.08 Å². The maximum absolute atomic E-state index is 12.0. The summed E-state index contributed by atoms with van der Waals surface area (Å²) in [6, 6.07) is 10.8. The molecule has 0 saturated heterocycles. The SMILES string of the molecule is COc1ccc(/C=C/C(=O)OCC(=O)Nc2c(C)cc(C)cc2Cl)cc1. The number of hydrogen-bond donors (Lipinski definition) is 1. The second kappa shape index (κ2) is 9.06. The summed E-state index contributed by atoms with van der Waals surface area (Å²) in [6.45, 7) is 3.37. The van der Waals surface area contributed by atoms with Crippen LogP contribution in [0.1, 0.15) is 16.7 Å². The zero-order valence-electron chi connectivity index (χ0n) is 14.8. The Kier molecular flexibility index (Phi) is 6.81. The number of hydrogen-bond acceptors (Lipinski definition) is 4. The zero-order valence-corrected chi connectivity index (χ0v) is 15.6. The smallest absolute Gasteiger partial charge is 0.331 e. The summed E-state index contributed by atoms with van der Waals surface area (Å²) in [4.78, 5) is 23.7. The molecule has 0 atom stereocenters. The molecule has 1 N–H and O–H groups in total. The van der Waals surface area contributed by atoms with E-state index in [-0.39, 0.29) is 0 Å². The van der Waals surface area contributed by atoms with Crippen LogP contribution in [0.4, 0.5) is 5.69 Å². The minimum atomic E-state index is -0.609. The van der Waals surface area contributed by atoms with Crippen molar-refractivity contribution in [2.75, 3.05) is 19.0 Å². The van der Waals surface area contributed by atoms with E-state index in [0.717, 1.165) is 22.4 Å². The summed E-state index contributed by atoms with van der Waals surface area (Å²) >= 11 is 6.14. The van der Waals surface area contributed by atoms with Crippen molar-refractivity contribution in [1.29, 1.82) is 0 Å². The molecule has 136 valence electrons. The fraction of sp³-hybridized carbons (Fsp3) is 0.200. The highest BCUT2D eigenvalue weighted by Gasteiger charge is 2.11. The lowest BCUT2D eigenvalue weighted by molar-refractivity contribution is -0.142. The van der Waals surface area contributed by atoms with Crippen LogP contribution in [-0.4, -0.2) is 25.6 Å². The first kappa shape index (κ1) is 19.5. The zero-order chi connectivity index (χ0) is 19.1. The monoisotopic (exact) mass is 373 g/mol. The molecule has 0 bridgehead atoms. The van der Waals surface area contributed by atoms with Crippen molar-refractivity contribution < 1.29 is 19.1 Å². The Labute approximate surface area is 157 Å². The minimum absolute atomic E-state index is 0.393. The maximum Gasteiger partial charge on any atom is 0.331 e. The van der Waals surface area contributed by atoms with E-state index in [2.05, 4.69) is 5.32 Å². The molecule has 0 heterocycles. The molecule has 0 unspecified atom stereocenters. The molecule has 1 amide bonds. The van der Waals surface area contributed by atoms with Crippen LogP contribution in [0.15, 0.2) is 42.5 Å². The van der Waals surface area contributed by atoms with Gasteiger partial charge >= 0.3 is 5.97 Å². The molecule has 5 nitrogen and oxygen atoms in total. The van der Waals surface area contributed by atoms with Gasteiger partial charge in [0.05, 0.1) is 17.8 Å². The van der Waals surface area contributed by atoms with E-state index in [9.17, 15) is 9.59 Å². The summed E-state index contributed by atoms with van der Waals surface area (Å²) in [6.07, 6.45) is 2.86. The number of esters is 1. The molecule has 2 aromatic carbocycles. The molecule has 0 aliphatic heterocycles. The topological polar surface area (TPSA) is 64.6 Å². The van der Waals surface area contributed by atoms with Crippen LogP contribution in [0.5, 0.6) is 5.75 Å². The molecule has 0 radical (unpaired) electrons. The largest absolute Gasteiger partial charge is 0.497 e. The van der Waals surface area contributed by atoms with Gasteiger partial charge in [-0.3, -0.25) is 4.79 Å². The predicted octanol–water partition coefficient (Wildman–Crippen LogP) is 4.16. The van der Waals surface area contributed by atoms with Gasteiger partial charge in [0.25, 0.3) is 5.91 Å². The van der Waals surface area contributed by atoms with Crippen LogP contribution in [0.25, 0.3) is 6.08 Å². The van der Waals surface area contributed by atoms with Crippen molar-refractivity contribution in [2.24, 2.45) is 0 Å². The molecule has 2 rings (SSSR count). The fourth-order valence-corrected chi connectivity index (χ4v) is 2.68. The Morgan fingerprint density at radius 1 is 1.15 bits per heavy atom. The molecule has 2 aromatic rings. The van der Waals surface area contributed by atoms with Crippen molar-refractivity contribution in [2.45, 2.75) is 13.8 Å². The van der Waals surface area contributed by atoms with Crippen molar-refractivity contribution in [1.82, 2.24) is 0 Å². The molecule has 0 aliphatic carbocycles. The number of rotatable bonds is 6. The lowest BCUT2D eigenvalue weighted by Crippen LogP contribution is -2.20. The van der Waals surface area contributed by atoms with Gasteiger partial charge in [0.15, 0.2) is 6.61 Å². The number of carbonyl (C=O) groups is 2. The molecule has 0 aliphatic rings. The van der Waals surface area contributed by atoms with E-state index in [0.29, 0.717) is 10.7 Å². The quantitative estimate of drug-likeness (QED) is 0.610. The van der Waals surface area contributed by atoms with E-state index in [1.807, 2.05) is 19.9 Å².